The summed E-state index contributed by atoms with van der Waals surface area (Å²) in [5.74, 6) is -0.220. The van der Waals surface area contributed by atoms with E-state index in [1.165, 1.54) is 0 Å². The molecule has 1 aliphatic rings. The van der Waals surface area contributed by atoms with Gasteiger partial charge in [0.25, 0.3) is 0 Å². The van der Waals surface area contributed by atoms with Crippen LogP contribution in [0.5, 0.6) is 0 Å². The zero-order chi connectivity index (χ0) is 13.2. The topological polar surface area (TPSA) is 67.5 Å². The van der Waals surface area contributed by atoms with Gasteiger partial charge in [-0.25, -0.2) is 0 Å². The van der Waals surface area contributed by atoms with Gasteiger partial charge in [0.15, 0.2) is 0 Å². The Morgan fingerprint density at radius 3 is 2.58 bits per heavy atom. The minimum atomic E-state index is -0.666. The van der Waals surface area contributed by atoms with Crippen molar-refractivity contribution in [2.75, 3.05) is 5.32 Å². The zero-order valence-corrected chi connectivity index (χ0v) is 10.2. The molecule has 1 heterocycles. The first-order valence-electron chi connectivity index (χ1n) is 6.03. The SMILES string of the molecule is N[C@@H](C(=O)Nc1ccc2c(c1)C=N2)c1ccccc1. The van der Waals surface area contributed by atoms with Crippen LogP contribution in [0.2, 0.25) is 0 Å². The van der Waals surface area contributed by atoms with Crippen LogP contribution in [-0.4, -0.2) is 12.1 Å². The highest BCUT2D eigenvalue weighted by Crippen LogP contribution is 2.28. The van der Waals surface area contributed by atoms with Gasteiger partial charge in [-0.15, -0.1) is 0 Å². The highest BCUT2D eigenvalue weighted by molar-refractivity contribution is 6.00. The number of carbonyl (C=O) groups excluding carboxylic acids is 1. The number of benzene rings is 2. The third kappa shape index (κ3) is 2.26. The molecule has 2 aromatic carbocycles. The Labute approximate surface area is 111 Å². The van der Waals surface area contributed by atoms with Crippen molar-refractivity contribution >= 4 is 23.5 Å². The van der Waals surface area contributed by atoms with Crippen molar-refractivity contribution in [3.8, 4) is 0 Å². The highest BCUT2D eigenvalue weighted by Gasteiger charge is 2.16. The Morgan fingerprint density at radius 1 is 1.16 bits per heavy atom. The van der Waals surface area contributed by atoms with Crippen LogP contribution in [0.3, 0.4) is 0 Å². The first kappa shape index (κ1) is 11.6. The summed E-state index contributed by atoms with van der Waals surface area (Å²) in [7, 11) is 0. The quantitative estimate of drug-likeness (QED) is 0.750. The molecule has 0 bridgehead atoms. The molecular weight excluding hydrogens is 238 g/mol. The van der Waals surface area contributed by atoms with E-state index in [9.17, 15) is 4.79 Å². The van der Waals surface area contributed by atoms with E-state index < -0.39 is 6.04 Å². The molecule has 0 radical (unpaired) electrons. The standard InChI is InChI=1S/C15H13N3O/c16-14(10-4-2-1-3-5-10)15(19)18-12-6-7-13-11(8-12)9-17-13/h1-9,14H,16H2,(H,18,19)/t14-/m1/s1. The van der Waals surface area contributed by atoms with Crippen LogP contribution in [0.4, 0.5) is 11.4 Å². The van der Waals surface area contributed by atoms with Gasteiger partial charge in [0.1, 0.15) is 6.04 Å². The molecule has 19 heavy (non-hydrogen) atoms. The van der Waals surface area contributed by atoms with Crippen molar-refractivity contribution in [3.05, 3.63) is 59.7 Å². The van der Waals surface area contributed by atoms with Crippen LogP contribution in [0.25, 0.3) is 0 Å². The minimum absolute atomic E-state index is 0.220. The fourth-order valence-corrected chi connectivity index (χ4v) is 1.96. The van der Waals surface area contributed by atoms with E-state index in [-0.39, 0.29) is 5.91 Å². The predicted molar refractivity (Wildman–Crippen MR) is 75.7 cm³/mol. The zero-order valence-electron chi connectivity index (χ0n) is 10.2. The summed E-state index contributed by atoms with van der Waals surface area (Å²) >= 11 is 0. The second-order valence-corrected chi connectivity index (χ2v) is 4.41. The van der Waals surface area contributed by atoms with Crippen molar-refractivity contribution in [1.82, 2.24) is 0 Å². The molecule has 0 spiro atoms. The van der Waals surface area contributed by atoms with E-state index in [4.69, 9.17) is 5.73 Å². The molecular formula is C15H13N3O. The van der Waals surface area contributed by atoms with Crippen LogP contribution in [0.1, 0.15) is 17.2 Å². The monoisotopic (exact) mass is 251 g/mol. The second kappa shape index (κ2) is 4.66. The molecule has 4 heteroatoms. The number of rotatable bonds is 3. The Morgan fingerprint density at radius 2 is 1.95 bits per heavy atom. The highest BCUT2D eigenvalue weighted by atomic mass is 16.2. The fourth-order valence-electron chi connectivity index (χ4n) is 1.96. The molecule has 1 atom stereocenters. The smallest absolute Gasteiger partial charge is 0.245 e. The first-order valence-corrected chi connectivity index (χ1v) is 6.03. The minimum Gasteiger partial charge on any atom is -0.324 e. The summed E-state index contributed by atoms with van der Waals surface area (Å²) in [6, 6.07) is 14.2. The van der Waals surface area contributed by atoms with Gasteiger partial charge in [-0.3, -0.25) is 9.79 Å². The maximum Gasteiger partial charge on any atom is 0.245 e. The van der Waals surface area contributed by atoms with Crippen molar-refractivity contribution in [2.24, 2.45) is 10.7 Å². The lowest BCUT2D eigenvalue weighted by Gasteiger charge is -2.15. The number of anilines is 1. The third-order valence-electron chi connectivity index (χ3n) is 3.08. The number of nitrogens with two attached hydrogens (primary N) is 1. The molecule has 0 saturated carbocycles. The van der Waals surface area contributed by atoms with Gasteiger partial charge >= 0.3 is 0 Å². The fraction of sp³-hybridized carbons (Fsp3) is 0.0667. The molecule has 1 amide bonds. The average Bonchev–Trinajstić information content (AvgIpc) is 2.42. The summed E-state index contributed by atoms with van der Waals surface area (Å²) in [4.78, 5) is 16.1. The molecule has 1 aliphatic heterocycles. The van der Waals surface area contributed by atoms with E-state index >= 15 is 0 Å². The number of amides is 1. The summed E-state index contributed by atoms with van der Waals surface area (Å²) in [5, 5.41) is 2.82. The number of hydrogen-bond acceptors (Lipinski definition) is 3. The molecule has 94 valence electrons. The van der Waals surface area contributed by atoms with Crippen LogP contribution < -0.4 is 11.1 Å². The van der Waals surface area contributed by atoms with E-state index in [1.807, 2.05) is 48.5 Å². The van der Waals surface area contributed by atoms with Crippen molar-refractivity contribution in [1.29, 1.82) is 0 Å². The largest absolute Gasteiger partial charge is 0.324 e. The molecule has 3 rings (SSSR count). The Balaban J connectivity index is 1.73. The summed E-state index contributed by atoms with van der Waals surface area (Å²) in [6.45, 7) is 0. The molecule has 0 aliphatic carbocycles. The summed E-state index contributed by atoms with van der Waals surface area (Å²) in [6.07, 6.45) is 1.77. The Bertz CT molecular complexity index is 650. The lowest BCUT2D eigenvalue weighted by atomic mass is 10.1. The van der Waals surface area contributed by atoms with Gasteiger partial charge < -0.3 is 11.1 Å². The van der Waals surface area contributed by atoms with Crippen LogP contribution in [0.15, 0.2) is 53.5 Å². The van der Waals surface area contributed by atoms with E-state index in [0.29, 0.717) is 0 Å². The van der Waals surface area contributed by atoms with Crippen molar-refractivity contribution in [3.63, 3.8) is 0 Å². The lowest BCUT2D eigenvalue weighted by molar-refractivity contribution is -0.117. The molecule has 0 aromatic heterocycles. The first-order chi connectivity index (χ1) is 9.24. The average molecular weight is 251 g/mol. The second-order valence-electron chi connectivity index (χ2n) is 4.41. The summed E-state index contributed by atoms with van der Waals surface area (Å²) < 4.78 is 0. The van der Waals surface area contributed by atoms with E-state index in [1.54, 1.807) is 6.21 Å². The van der Waals surface area contributed by atoms with Crippen molar-refractivity contribution < 1.29 is 4.79 Å². The van der Waals surface area contributed by atoms with Crippen LogP contribution in [0, 0.1) is 0 Å². The van der Waals surface area contributed by atoms with E-state index in [0.717, 1.165) is 22.5 Å². The molecule has 0 fully saturated rings. The lowest BCUT2D eigenvalue weighted by Crippen LogP contribution is -2.27. The number of nitrogens with zero attached hydrogens (tertiary/aromatic N) is 1. The Hall–Kier alpha value is -2.46. The van der Waals surface area contributed by atoms with Crippen molar-refractivity contribution in [2.45, 2.75) is 6.04 Å². The van der Waals surface area contributed by atoms with Gasteiger partial charge in [0, 0.05) is 17.5 Å². The van der Waals surface area contributed by atoms with Gasteiger partial charge in [-0.1, -0.05) is 30.3 Å². The summed E-state index contributed by atoms with van der Waals surface area (Å²) in [5.41, 5.74) is 9.45. The van der Waals surface area contributed by atoms with Gasteiger partial charge in [0.05, 0.1) is 5.69 Å². The molecule has 4 nitrogen and oxygen atoms in total. The normalized spacial score (nSPS) is 13.3. The maximum absolute atomic E-state index is 12.1. The third-order valence-corrected chi connectivity index (χ3v) is 3.08. The Kier molecular flexibility index (Phi) is 2.85. The molecule has 3 N–H and O–H groups in total. The number of nitrogens with one attached hydrogen (secondary N) is 1. The van der Waals surface area contributed by atoms with Crippen LogP contribution >= 0.6 is 0 Å². The number of fused-ring (bicyclic) bond motifs is 1. The number of carbonyl (C=O) groups is 1. The van der Waals surface area contributed by atoms with E-state index in [2.05, 4.69) is 10.3 Å². The molecule has 0 unspecified atom stereocenters. The van der Waals surface area contributed by atoms with Gasteiger partial charge in [-0.05, 0) is 23.8 Å². The van der Waals surface area contributed by atoms with Crippen LogP contribution in [-0.2, 0) is 4.79 Å². The molecule has 2 aromatic rings. The number of aliphatic imine (C=N–C) groups is 1. The van der Waals surface area contributed by atoms with Gasteiger partial charge in [0.2, 0.25) is 5.91 Å². The maximum atomic E-state index is 12.1. The van der Waals surface area contributed by atoms with Gasteiger partial charge in [-0.2, -0.15) is 0 Å². The molecule has 0 saturated heterocycles. The predicted octanol–water partition coefficient (Wildman–Crippen LogP) is 2.39. The number of hydrogen-bond donors (Lipinski definition) is 2.